The summed E-state index contributed by atoms with van der Waals surface area (Å²) in [5, 5.41) is 0.423. The van der Waals surface area contributed by atoms with Gasteiger partial charge in [0.05, 0.1) is 22.6 Å². The van der Waals surface area contributed by atoms with Gasteiger partial charge in [-0.1, -0.05) is 38.2 Å². The molecule has 1 aliphatic rings. The molecule has 0 amide bonds. The van der Waals surface area contributed by atoms with Gasteiger partial charge in [0.15, 0.2) is 5.82 Å². The van der Waals surface area contributed by atoms with Crippen LogP contribution in [0.1, 0.15) is 13.8 Å². The number of piperazine rings is 1. The molecule has 156 valence electrons. The van der Waals surface area contributed by atoms with Crippen LogP contribution >= 0.6 is 11.6 Å². The first-order valence-electron chi connectivity index (χ1n) is 10.1. The van der Waals surface area contributed by atoms with E-state index in [-0.39, 0.29) is 11.9 Å². The van der Waals surface area contributed by atoms with Crippen molar-refractivity contribution in [2.24, 2.45) is 0 Å². The van der Waals surface area contributed by atoms with Crippen molar-refractivity contribution in [3.8, 4) is 0 Å². The summed E-state index contributed by atoms with van der Waals surface area (Å²) in [6.45, 7) is 15.8. The van der Waals surface area contributed by atoms with Crippen molar-refractivity contribution in [2.75, 3.05) is 37.7 Å². The van der Waals surface area contributed by atoms with Gasteiger partial charge in [-0.2, -0.15) is 0 Å². The number of aromatic nitrogens is 2. The molecule has 3 rings (SSSR count). The average Bonchev–Trinajstić information content (AvgIpc) is 3.02. The highest BCUT2D eigenvalue weighted by Crippen LogP contribution is 2.36. The highest BCUT2D eigenvalue weighted by Gasteiger charge is 2.29. The van der Waals surface area contributed by atoms with Gasteiger partial charge in [0.1, 0.15) is 12.2 Å². The molecule has 1 aromatic carbocycles. The van der Waals surface area contributed by atoms with Gasteiger partial charge < -0.3 is 14.2 Å². The molecule has 0 radical (unpaired) electrons. The summed E-state index contributed by atoms with van der Waals surface area (Å²) >= 11 is 6.49. The number of imidazole rings is 1. The van der Waals surface area contributed by atoms with E-state index in [9.17, 15) is 0 Å². The highest BCUT2D eigenvalue weighted by atomic mass is 35.5. The molecule has 5 nitrogen and oxygen atoms in total. The Hall–Kier alpha value is -1.15. The topological polar surface area (TPSA) is 33.5 Å². The number of ether oxygens (including phenoxy) is 1. The fraction of sp³-hybridized carbons (Fsp3) is 0.650. The number of nitrogens with zero attached hydrogens (tertiary/aromatic N) is 4. The lowest BCUT2D eigenvalue weighted by atomic mass is 10.1. The van der Waals surface area contributed by atoms with Crippen molar-refractivity contribution < 1.29 is 9.13 Å². The molecule has 1 aliphatic heterocycles. The lowest BCUT2D eigenvalue weighted by molar-refractivity contribution is 0.0895. The lowest BCUT2D eigenvalue weighted by Crippen LogP contribution is -2.52. The van der Waals surface area contributed by atoms with Gasteiger partial charge in [-0.05, 0) is 25.6 Å². The summed E-state index contributed by atoms with van der Waals surface area (Å²) in [6, 6.07) is 3.05. The molecule has 1 saturated heterocycles. The quantitative estimate of drug-likeness (QED) is 0.475. The van der Waals surface area contributed by atoms with Crippen LogP contribution in [0, 0.1) is 5.82 Å². The van der Waals surface area contributed by atoms with E-state index in [1.165, 1.54) is 0 Å². The lowest BCUT2D eigenvalue weighted by Gasteiger charge is -2.41. The number of likely N-dealkylation sites (N-methyl/N-ethyl adjacent to an activating group) is 1. The molecule has 28 heavy (non-hydrogen) atoms. The van der Waals surface area contributed by atoms with E-state index >= 15 is 4.39 Å². The maximum absolute atomic E-state index is 15.6. The maximum Gasteiger partial charge on any atom is 0.173 e. The summed E-state index contributed by atoms with van der Waals surface area (Å²) in [5.41, 5.74) is 1.53. The number of halogens is 2. The fourth-order valence-electron chi connectivity index (χ4n) is 3.70. The molecule has 0 saturated carbocycles. The molecular weight excluding hydrogens is 395 g/mol. The fourth-order valence-corrected chi connectivity index (χ4v) is 4.75. The Morgan fingerprint density at radius 2 is 2.07 bits per heavy atom. The minimum absolute atomic E-state index is 0.197. The van der Waals surface area contributed by atoms with Crippen LogP contribution in [0.5, 0.6) is 0 Å². The van der Waals surface area contributed by atoms with Gasteiger partial charge in [-0.25, -0.2) is 9.37 Å². The molecule has 0 spiro atoms. The van der Waals surface area contributed by atoms with E-state index in [4.69, 9.17) is 16.3 Å². The number of hydrogen-bond acceptors (Lipinski definition) is 4. The van der Waals surface area contributed by atoms with Crippen LogP contribution < -0.4 is 4.90 Å². The van der Waals surface area contributed by atoms with Crippen molar-refractivity contribution in [3.05, 3.63) is 23.2 Å². The number of rotatable bonds is 7. The monoisotopic (exact) mass is 426 g/mol. The van der Waals surface area contributed by atoms with Crippen molar-refractivity contribution in [1.82, 2.24) is 14.5 Å². The second-order valence-electron chi connectivity index (χ2n) is 8.89. The summed E-state index contributed by atoms with van der Waals surface area (Å²) in [6.07, 6.45) is 1.64. The summed E-state index contributed by atoms with van der Waals surface area (Å²) in [5.74, 6) is -0.300. The van der Waals surface area contributed by atoms with Crippen molar-refractivity contribution in [1.29, 1.82) is 0 Å². The number of benzene rings is 1. The smallest absolute Gasteiger partial charge is 0.173 e. The molecule has 8 heteroatoms. The van der Waals surface area contributed by atoms with Gasteiger partial charge in [0.2, 0.25) is 0 Å². The third-order valence-electron chi connectivity index (χ3n) is 5.44. The molecule has 1 aromatic heterocycles. The third kappa shape index (κ3) is 4.70. The van der Waals surface area contributed by atoms with E-state index in [2.05, 4.69) is 48.3 Å². The predicted molar refractivity (Wildman–Crippen MR) is 118 cm³/mol. The van der Waals surface area contributed by atoms with Crippen LogP contribution in [-0.2, 0) is 11.5 Å². The molecule has 2 aromatic rings. The zero-order valence-electron chi connectivity index (χ0n) is 17.6. The predicted octanol–water partition coefficient (Wildman–Crippen LogP) is 4.67. The Morgan fingerprint density at radius 3 is 2.71 bits per heavy atom. The van der Waals surface area contributed by atoms with Crippen molar-refractivity contribution >= 4 is 36.4 Å². The first-order chi connectivity index (χ1) is 13.2. The Morgan fingerprint density at radius 1 is 1.32 bits per heavy atom. The summed E-state index contributed by atoms with van der Waals surface area (Å²) < 4.78 is 23.2. The molecule has 0 bridgehead atoms. The molecule has 1 atom stereocenters. The van der Waals surface area contributed by atoms with E-state index in [1.807, 2.05) is 0 Å². The zero-order valence-corrected chi connectivity index (χ0v) is 19.4. The summed E-state index contributed by atoms with van der Waals surface area (Å²) in [4.78, 5) is 8.81. The first-order valence-corrected chi connectivity index (χ1v) is 14.2. The largest absolute Gasteiger partial charge is 0.363 e. The van der Waals surface area contributed by atoms with Crippen LogP contribution in [0.25, 0.3) is 11.0 Å². The van der Waals surface area contributed by atoms with Gasteiger partial charge in [-0.15, -0.1) is 0 Å². The van der Waals surface area contributed by atoms with Gasteiger partial charge in [-0.3, -0.25) is 4.90 Å². The minimum atomic E-state index is -1.15. The Balaban J connectivity index is 1.84. The van der Waals surface area contributed by atoms with E-state index < -0.39 is 8.07 Å². The van der Waals surface area contributed by atoms with E-state index in [1.54, 1.807) is 17.0 Å². The van der Waals surface area contributed by atoms with Crippen LogP contribution in [0.3, 0.4) is 0 Å². The molecule has 2 heterocycles. The highest BCUT2D eigenvalue weighted by molar-refractivity contribution is 6.76. The van der Waals surface area contributed by atoms with Gasteiger partial charge in [0, 0.05) is 40.4 Å². The second kappa shape index (κ2) is 8.69. The molecule has 1 fully saturated rings. The number of fused-ring (bicyclic) bond motifs is 1. The Bertz CT molecular complexity index is 823. The Labute approximate surface area is 173 Å². The molecule has 0 N–H and O–H groups in total. The van der Waals surface area contributed by atoms with Crippen LogP contribution in [0.15, 0.2) is 12.4 Å². The molecule has 0 aliphatic carbocycles. The van der Waals surface area contributed by atoms with Crippen LogP contribution in [-0.4, -0.2) is 61.4 Å². The average molecular weight is 427 g/mol. The van der Waals surface area contributed by atoms with Crippen LogP contribution in [0.4, 0.5) is 10.1 Å². The minimum Gasteiger partial charge on any atom is -0.363 e. The van der Waals surface area contributed by atoms with Crippen LogP contribution in [0.2, 0.25) is 30.7 Å². The normalized spacial score (nSPS) is 19.0. The number of hydrogen-bond donors (Lipinski definition) is 0. The third-order valence-corrected chi connectivity index (χ3v) is 7.44. The molecule has 1 unspecified atom stereocenters. The van der Waals surface area contributed by atoms with Crippen molar-refractivity contribution in [3.63, 3.8) is 0 Å². The Kier molecular flexibility index (Phi) is 6.69. The van der Waals surface area contributed by atoms with Gasteiger partial charge in [0.25, 0.3) is 0 Å². The number of anilines is 1. The second-order valence-corrected chi connectivity index (χ2v) is 14.9. The standard InChI is InChI=1S/C20H32ClFN4OSi/c1-6-24-7-8-26(15(2)12-24)19-16(21)11-17-20(18(19)22)25(13-23-17)14-27-9-10-28(3,4)5/h11,13,15H,6-10,12,14H2,1-5H3. The van der Waals surface area contributed by atoms with E-state index in [0.29, 0.717) is 35.1 Å². The maximum atomic E-state index is 15.6. The van der Waals surface area contributed by atoms with Crippen molar-refractivity contribution in [2.45, 2.75) is 52.3 Å². The summed E-state index contributed by atoms with van der Waals surface area (Å²) in [7, 11) is -1.15. The van der Waals surface area contributed by atoms with Gasteiger partial charge >= 0.3 is 0 Å². The SMILES string of the molecule is CCN1CCN(c2c(Cl)cc3ncn(COCC[Si](C)(C)C)c3c2F)C(C)C1. The molecular formula is C20H32ClFN4OSi. The first kappa shape index (κ1) is 21.6. The van der Waals surface area contributed by atoms with E-state index in [0.717, 1.165) is 32.2 Å². The zero-order chi connectivity index (χ0) is 20.5.